The van der Waals surface area contributed by atoms with Gasteiger partial charge in [0, 0.05) is 23.8 Å². The van der Waals surface area contributed by atoms with Crippen LogP contribution in [0.1, 0.15) is 43.1 Å². The Labute approximate surface area is 111 Å². The third-order valence-electron chi connectivity index (χ3n) is 3.21. The van der Waals surface area contributed by atoms with Crippen molar-refractivity contribution in [3.63, 3.8) is 0 Å². The van der Waals surface area contributed by atoms with Gasteiger partial charge in [-0.25, -0.2) is 0 Å². The monoisotopic (exact) mass is 298 g/mol. The SMILES string of the molecule is CCn1cc(Br)cc1C(=O)NCCCC1CC1. The van der Waals surface area contributed by atoms with Crippen LogP contribution in [0, 0.1) is 5.92 Å². The van der Waals surface area contributed by atoms with Crippen LogP contribution in [-0.4, -0.2) is 17.0 Å². The van der Waals surface area contributed by atoms with Gasteiger partial charge in [0.2, 0.25) is 0 Å². The summed E-state index contributed by atoms with van der Waals surface area (Å²) >= 11 is 3.40. The highest BCUT2D eigenvalue weighted by molar-refractivity contribution is 9.10. The summed E-state index contributed by atoms with van der Waals surface area (Å²) in [5.41, 5.74) is 0.741. The Bertz CT molecular complexity index is 396. The second-order valence-electron chi connectivity index (χ2n) is 4.67. The minimum atomic E-state index is 0.0355. The molecule has 2 rings (SSSR count). The maximum absolute atomic E-state index is 11.9. The topological polar surface area (TPSA) is 34.0 Å². The molecule has 1 aromatic rings. The van der Waals surface area contributed by atoms with Crippen LogP contribution in [0.4, 0.5) is 0 Å². The third kappa shape index (κ3) is 3.60. The van der Waals surface area contributed by atoms with Gasteiger partial charge in [-0.05, 0) is 47.7 Å². The molecule has 0 radical (unpaired) electrons. The highest BCUT2D eigenvalue weighted by Crippen LogP contribution is 2.33. The van der Waals surface area contributed by atoms with Gasteiger partial charge in [0.25, 0.3) is 5.91 Å². The van der Waals surface area contributed by atoms with E-state index in [1.807, 2.05) is 23.8 Å². The largest absolute Gasteiger partial charge is 0.351 e. The lowest BCUT2D eigenvalue weighted by atomic mass is 10.2. The molecule has 1 heterocycles. The fourth-order valence-electron chi connectivity index (χ4n) is 2.02. The quantitative estimate of drug-likeness (QED) is 0.804. The van der Waals surface area contributed by atoms with Crippen LogP contribution in [0.25, 0.3) is 0 Å². The van der Waals surface area contributed by atoms with Crippen molar-refractivity contribution in [1.82, 2.24) is 9.88 Å². The van der Waals surface area contributed by atoms with E-state index in [0.29, 0.717) is 0 Å². The molecule has 1 fully saturated rings. The number of amides is 1. The first-order valence-electron chi connectivity index (χ1n) is 6.34. The number of aromatic nitrogens is 1. The lowest BCUT2D eigenvalue weighted by molar-refractivity contribution is 0.0943. The van der Waals surface area contributed by atoms with Gasteiger partial charge >= 0.3 is 0 Å². The molecular formula is C13H19BrN2O. The predicted molar refractivity (Wildman–Crippen MR) is 72.1 cm³/mol. The lowest BCUT2D eigenvalue weighted by Crippen LogP contribution is -2.26. The van der Waals surface area contributed by atoms with E-state index in [4.69, 9.17) is 0 Å². The molecule has 1 amide bonds. The number of carbonyl (C=O) groups excluding carboxylic acids is 1. The minimum absolute atomic E-state index is 0.0355. The molecule has 0 saturated heterocycles. The van der Waals surface area contributed by atoms with Gasteiger partial charge < -0.3 is 9.88 Å². The molecule has 1 N–H and O–H groups in total. The number of nitrogens with zero attached hydrogens (tertiary/aromatic N) is 1. The average Bonchev–Trinajstić information content (AvgIpc) is 3.06. The van der Waals surface area contributed by atoms with Crippen molar-refractivity contribution < 1.29 is 4.79 Å². The molecule has 1 aliphatic carbocycles. The number of aryl methyl sites for hydroxylation is 1. The summed E-state index contributed by atoms with van der Waals surface area (Å²) < 4.78 is 2.92. The fourth-order valence-corrected chi connectivity index (χ4v) is 2.48. The Balaban J connectivity index is 1.80. The van der Waals surface area contributed by atoms with Crippen LogP contribution in [0.5, 0.6) is 0 Å². The van der Waals surface area contributed by atoms with Gasteiger partial charge in [-0.2, -0.15) is 0 Å². The van der Waals surface area contributed by atoms with Crippen LogP contribution in [0.15, 0.2) is 16.7 Å². The van der Waals surface area contributed by atoms with Crippen LogP contribution in [0.2, 0.25) is 0 Å². The van der Waals surface area contributed by atoms with Crippen molar-refractivity contribution in [2.24, 2.45) is 5.92 Å². The van der Waals surface area contributed by atoms with Crippen molar-refractivity contribution in [2.45, 2.75) is 39.2 Å². The van der Waals surface area contributed by atoms with Crippen LogP contribution >= 0.6 is 15.9 Å². The molecule has 0 bridgehead atoms. The van der Waals surface area contributed by atoms with Gasteiger partial charge in [-0.3, -0.25) is 4.79 Å². The van der Waals surface area contributed by atoms with Gasteiger partial charge in [-0.1, -0.05) is 12.8 Å². The summed E-state index contributed by atoms with van der Waals surface area (Å²) in [5.74, 6) is 0.980. The van der Waals surface area contributed by atoms with Gasteiger partial charge in [0.05, 0.1) is 0 Å². The number of rotatable bonds is 6. The normalized spacial score (nSPS) is 14.9. The summed E-state index contributed by atoms with van der Waals surface area (Å²) in [6.45, 7) is 3.65. The average molecular weight is 299 g/mol. The predicted octanol–water partition coefficient (Wildman–Crippen LogP) is 3.19. The van der Waals surface area contributed by atoms with Gasteiger partial charge in [-0.15, -0.1) is 0 Å². The van der Waals surface area contributed by atoms with E-state index in [2.05, 4.69) is 21.2 Å². The van der Waals surface area contributed by atoms with E-state index >= 15 is 0 Å². The minimum Gasteiger partial charge on any atom is -0.351 e. The number of halogens is 1. The molecule has 94 valence electrons. The molecule has 0 atom stereocenters. The van der Waals surface area contributed by atoms with Crippen molar-refractivity contribution in [2.75, 3.05) is 6.54 Å². The number of nitrogens with one attached hydrogen (secondary N) is 1. The van der Waals surface area contributed by atoms with Crippen LogP contribution < -0.4 is 5.32 Å². The van der Waals surface area contributed by atoms with Gasteiger partial charge in [0.1, 0.15) is 5.69 Å². The summed E-state index contributed by atoms with van der Waals surface area (Å²) in [6, 6.07) is 1.87. The first kappa shape index (κ1) is 12.7. The van der Waals surface area contributed by atoms with Crippen molar-refractivity contribution in [1.29, 1.82) is 0 Å². The molecule has 17 heavy (non-hydrogen) atoms. The molecule has 0 aromatic carbocycles. The number of hydrogen-bond acceptors (Lipinski definition) is 1. The molecule has 4 heteroatoms. The van der Waals surface area contributed by atoms with Crippen LogP contribution in [0.3, 0.4) is 0 Å². The lowest BCUT2D eigenvalue weighted by Gasteiger charge is -2.07. The summed E-state index contributed by atoms with van der Waals surface area (Å²) in [7, 11) is 0. The number of carbonyl (C=O) groups is 1. The van der Waals surface area contributed by atoms with E-state index in [1.165, 1.54) is 19.3 Å². The summed E-state index contributed by atoms with van der Waals surface area (Å²) in [6.07, 6.45) is 7.08. The molecule has 0 aliphatic heterocycles. The first-order chi connectivity index (χ1) is 8.20. The van der Waals surface area contributed by atoms with E-state index in [9.17, 15) is 4.79 Å². The molecule has 1 aliphatic rings. The molecule has 1 aromatic heterocycles. The highest BCUT2D eigenvalue weighted by atomic mass is 79.9. The Hall–Kier alpha value is -0.770. The molecular weight excluding hydrogens is 280 g/mol. The van der Waals surface area contributed by atoms with Crippen molar-refractivity contribution in [3.05, 3.63) is 22.4 Å². The number of hydrogen-bond donors (Lipinski definition) is 1. The zero-order valence-electron chi connectivity index (χ0n) is 10.2. The summed E-state index contributed by atoms with van der Waals surface area (Å²) in [5, 5.41) is 2.99. The maximum Gasteiger partial charge on any atom is 0.267 e. The third-order valence-corrected chi connectivity index (χ3v) is 3.64. The van der Waals surface area contributed by atoms with E-state index in [-0.39, 0.29) is 5.91 Å². The van der Waals surface area contributed by atoms with Crippen LogP contribution in [-0.2, 0) is 6.54 Å². The first-order valence-corrected chi connectivity index (χ1v) is 7.14. The smallest absolute Gasteiger partial charge is 0.267 e. The fraction of sp³-hybridized carbons (Fsp3) is 0.615. The van der Waals surface area contributed by atoms with E-state index in [1.54, 1.807) is 0 Å². The van der Waals surface area contributed by atoms with Crippen molar-refractivity contribution >= 4 is 21.8 Å². The summed E-state index contributed by atoms with van der Waals surface area (Å²) in [4.78, 5) is 11.9. The molecule has 0 unspecified atom stereocenters. The standard InChI is InChI=1S/C13H19BrN2O/c1-2-16-9-11(14)8-12(16)13(17)15-7-3-4-10-5-6-10/h8-10H,2-7H2,1H3,(H,15,17). The zero-order valence-corrected chi connectivity index (χ0v) is 11.8. The Morgan fingerprint density at radius 3 is 3.00 bits per heavy atom. The van der Waals surface area contributed by atoms with E-state index < -0.39 is 0 Å². The second kappa shape index (κ2) is 5.71. The zero-order chi connectivity index (χ0) is 12.3. The van der Waals surface area contributed by atoms with E-state index in [0.717, 1.165) is 35.6 Å². The molecule has 0 spiro atoms. The Morgan fingerprint density at radius 1 is 1.59 bits per heavy atom. The molecule has 1 saturated carbocycles. The maximum atomic E-state index is 11.9. The Morgan fingerprint density at radius 2 is 2.35 bits per heavy atom. The van der Waals surface area contributed by atoms with Gasteiger partial charge in [0.15, 0.2) is 0 Å². The molecule has 3 nitrogen and oxygen atoms in total. The second-order valence-corrected chi connectivity index (χ2v) is 5.59. The Kier molecular flexibility index (Phi) is 4.26. The highest BCUT2D eigenvalue weighted by Gasteiger charge is 2.20. The van der Waals surface area contributed by atoms with Crippen molar-refractivity contribution in [3.8, 4) is 0 Å².